The molecule has 0 fully saturated rings. The summed E-state index contributed by atoms with van der Waals surface area (Å²) >= 11 is 4.18. The van der Waals surface area contributed by atoms with Crippen molar-refractivity contribution in [1.29, 1.82) is 0 Å². The van der Waals surface area contributed by atoms with E-state index >= 15 is 0 Å². The van der Waals surface area contributed by atoms with E-state index in [1.54, 1.807) is 24.3 Å². The van der Waals surface area contributed by atoms with Crippen molar-refractivity contribution in [2.24, 2.45) is 0 Å². The fourth-order valence-corrected chi connectivity index (χ4v) is 1.79. The molecule has 0 aromatic heterocycles. The highest BCUT2D eigenvalue weighted by atomic mass is 32.1. The van der Waals surface area contributed by atoms with Crippen LogP contribution in [0.1, 0.15) is 5.56 Å². The number of rotatable bonds is 3. The molecule has 0 aliphatic rings. The van der Waals surface area contributed by atoms with Crippen LogP contribution in [0, 0.1) is 17.5 Å². The zero-order valence-corrected chi connectivity index (χ0v) is 10.6. The number of hydrogen-bond donors (Lipinski definition) is 2. The summed E-state index contributed by atoms with van der Waals surface area (Å²) in [7, 11) is 0. The van der Waals surface area contributed by atoms with Crippen LogP contribution in [0.2, 0.25) is 0 Å². The Labute approximate surface area is 114 Å². The van der Waals surface area contributed by atoms with E-state index in [0.29, 0.717) is 5.70 Å². The molecule has 0 atom stereocenters. The summed E-state index contributed by atoms with van der Waals surface area (Å²) in [6, 6.07) is 8.82. The van der Waals surface area contributed by atoms with Crippen molar-refractivity contribution >= 4 is 24.0 Å². The predicted molar refractivity (Wildman–Crippen MR) is 72.7 cm³/mol. The number of benzene rings is 2. The third-order valence-corrected chi connectivity index (χ3v) is 2.75. The molecule has 2 aromatic carbocycles. The Morgan fingerprint density at radius 3 is 2.26 bits per heavy atom. The van der Waals surface area contributed by atoms with E-state index in [2.05, 4.69) is 24.5 Å². The Kier molecular flexibility index (Phi) is 3.85. The first-order valence-corrected chi connectivity index (χ1v) is 5.82. The second-order valence-corrected chi connectivity index (χ2v) is 4.42. The lowest BCUT2D eigenvalue weighted by Crippen LogP contribution is -2.00. The zero-order chi connectivity index (χ0) is 14.0. The molecule has 98 valence electrons. The largest absolute Gasteiger partial charge is 0.355 e. The SMILES string of the molecule is C=C(Nc1cc(F)c(F)c(F)c1)c1cccc(S)c1. The number of anilines is 1. The van der Waals surface area contributed by atoms with Crippen molar-refractivity contribution in [2.75, 3.05) is 5.32 Å². The first-order valence-electron chi connectivity index (χ1n) is 5.37. The van der Waals surface area contributed by atoms with Gasteiger partial charge in [-0.25, -0.2) is 13.2 Å². The van der Waals surface area contributed by atoms with Crippen LogP contribution in [0.25, 0.3) is 5.70 Å². The minimum Gasteiger partial charge on any atom is -0.355 e. The molecule has 0 bridgehead atoms. The number of halogens is 3. The zero-order valence-electron chi connectivity index (χ0n) is 9.75. The average Bonchev–Trinajstić information content (AvgIpc) is 2.36. The van der Waals surface area contributed by atoms with Crippen LogP contribution in [-0.4, -0.2) is 0 Å². The summed E-state index contributed by atoms with van der Waals surface area (Å²) in [5, 5.41) is 2.72. The highest BCUT2D eigenvalue weighted by molar-refractivity contribution is 7.80. The smallest absolute Gasteiger partial charge is 0.194 e. The molecule has 5 heteroatoms. The first kappa shape index (κ1) is 13.5. The van der Waals surface area contributed by atoms with Crippen molar-refractivity contribution < 1.29 is 13.2 Å². The first-order chi connectivity index (χ1) is 8.97. The molecule has 0 spiro atoms. The topological polar surface area (TPSA) is 12.0 Å². The molecule has 2 aromatic rings. The Hall–Kier alpha value is -1.88. The molecule has 0 aliphatic heterocycles. The van der Waals surface area contributed by atoms with Gasteiger partial charge in [-0.3, -0.25) is 0 Å². The van der Waals surface area contributed by atoms with Crippen LogP contribution in [0.4, 0.5) is 18.9 Å². The molecule has 0 saturated carbocycles. The van der Waals surface area contributed by atoms with Gasteiger partial charge in [-0.1, -0.05) is 18.7 Å². The maximum Gasteiger partial charge on any atom is 0.194 e. The third-order valence-electron chi connectivity index (χ3n) is 2.47. The summed E-state index contributed by atoms with van der Waals surface area (Å²) < 4.78 is 38.9. The van der Waals surface area contributed by atoms with Gasteiger partial charge in [-0.2, -0.15) is 0 Å². The summed E-state index contributed by atoms with van der Waals surface area (Å²) in [6.45, 7) is 3.76. The van der Waals surface area contributed by atoms with Gasteiger partial charge in [0.15, 0.2) is 17.5 Å². The predicted octanol–water partition coefficient (Wildman–Crippen LogP) is 4.48. The van der Waals surface area contributed by atoms with Gasteiger partial charge >= 0.3 is 0 Å². The molecule has 0 aliphatic carbocycles. The van der Waals surface area contributed by atoms with Gasteiger partial charge in [0.2, 0.25) is 0 Å². The lowest BCUT2D eigenvalue weighted by molar-refractivity contribution is 0.448. The van der Waals surface area contributed by atoms with Gasteiger partial charge in [0.1, 0.15) is 0 Å². The maximum absolute atomic E-state index is 13.1. The Bertz CT molecular complexity index is 617. The van der Waals surface area contributed by atoms with Gasteiger partial charge in [0.05, 0.1) is 0 Å². The molecule has 1 N–H and O–H groups in total. The monoisotopic (exact) mass is 281 g/mol. The Morgan fingerprint density at radius 2 is 1.68 bits per heavy atom. The van der Waals surface area contributed by atoms with Crippen LogP contribution in [0.15, 0.2) is 47.9 Å². The maximum atomic E-state index is 13.1. The highest BCUT2D eigenvalue weighted by Crippen LogP contribution is 2.22. The summed E-state index contributed by atoms with van der Waals surface area (Å²) in [6.07, 6.45) is 0. The molecule has 1 nitrogen and oxygen atoms in total. The molecular weight excluding hydrogens is 271 g/mol. The second kappa shape index (κ2) is 5.40. The summed E-state index contributed by atoms with van der Waals surface area (Å²) in [4.78, 5) is 0.733. The molecular formula is C14H10F3NS. The minimum absolute atomic E-state index is 0.0889. The summed E-state index contributed by atoms with van der Waals surface area (Å²) in [5.74, 6) is -4.00. The fourth-order valence-electron chi connectivity index (χ4n) is 1.57. The van der Waals surface area contributed by atoms with Gasteiger partial charge in [0, 0.05) is 28.4 Å². The van der Waals surface area contributed by atoms with Crippen molar-refractivity contribution in [3.8, 4) is 0 Å². The molecule has 0 heterocycles. The van der Waals surface area contributed by atoms with E-state index in [4.69, 9.17) is 0 Å². The molecule has 0 unspecified atom stereocenters. The van der Waals surface area contributed by atoms with Crippen LogP contribution in [0.5, 0.6) is 0 Å². The Morgan fingerprint density at radius 1 is 1.05 bits per heavy atom. The molecule has 0 saturated heterocycles. The van der Waals surface area contributed by atoms with Gasteiger partial charge in [-0.05, 0) is 17.7 Å². The number of nitrogens with one attached hydrogen (secondary N) is 1. The summed E-state index contributed by atoms with van der Waals surface area (Å²) in [5.41, 5.74) is 1.24. The molecule has 0 radical (unpaired) electrons. The third kappa shape index (κ3) is 3.12. The molecule has 0 amide bonds. The lowest BCUT2D eigenvalue weighted by atomic mass is 10.1. The van der Waals surface area contributed by atoms with Crippen molar-refractivity contribution in [3.05, 3.63) is 66.0 Å². The lowest BCUT2D eigenvalue weighted by Gasteiger charge is -2.11. The van der Waals surface area contributed by atoms with E-state index in [1.807, 2.05) is 0 Å². The van der Waals surface area contributed by atoms with Crippen LogP contribution >= 0.6 is 12.6 Å². The van der Waals surface area contributed by atoms with Crippen LogP contribution < -0.4 is 5.32 Å². The highest BCUT2D eigenvalue weighted by Gasteiger charge is 2.11. The standard InChI is InChI=1S/C14H10F3NS/c1-8(9-3-2-4-11(19)5-9)18-10-6-12(15)14(17)13(16)7-10/h2-7,18-19H,1H2. The van der Waals surface area contributed by atoms with E-state index in [0.717, 1.165) is 22.6 Å². The van der Waals surface area contributed by atoms with Gasteiger partial charge < -0.3 is 5.32 Å². The molecule has 2 rings (SSSR count). The second-order valence-electron chi connectivity index (χ2n) is 3.91. The normalized spacial score (nSPS) is 10.3. The van der Waals surface area contributed by atoms with Crippen molar-refractivity contribution in [2.45, 2.75) is 4.90 Å². The Balaban J connectivity index is 2.24. The van der Waals surface area contributed by atoms with E-state index < -0.39 is 17.5 Å². The fraction of sp³-hybridized carbons (Fsp3) is 0. The van der Waals surface area contributed by atoms with Gasteiger partial charge in [0.25, 0.3) is 0 Å². The van der Waals surface area contributed by atoms with Crippen LogP contribution in [-0.2, 0) is 0 Å². The van der Waals surface area contributed by atoms with Crippen molar-refractivity contribution in [3.63, 3.8) is 0 Å². The minimum atomic E-state index is -1.49. The van der Waals surface area contributed by atoms with Crippen LogP contribution in [0.3, 0.4) is 0 Å². The van der Waals surface area contributed by atoms with Crippen molar-refractivity contribution in [1.82, 2.24) is 0 Å². The number of hydrogen-bond acceptors (Lipinski definition) is 2. The van der Waals surface area contributed by atoms with E-state index in [1.165, 1.54) is 0 Å². The number of thiol groups is 1. The quantitative estimate of drug-likeness (QED) is 0.624. The van der Waals surface area contributed by atoms with Gasteiger partial charge in [-0.15, -0.1) is 12.6 Å². The average molecular weight is 281 g/mol. The van der Waals surface area contributed by atoms with E-state index in [9.17, 15) is 13.2 Å². The molecule has 19 heavy (non-hydrogen) atoms. The van der Waals surface area contributed by atoms with E-state index in [-0.39, 0.29) is 5.69 Å².